The number of aromatic nitrogens is 4. The zero-order chi connectivity index (χ0) is 16.5. The molecule has 0 unspecified atom stereocenters. The van der Waals surface area contributed by atoms with Gasteiger partial charge < -0.3 is 5.32 Å². The van der Waals surface area contributed by atoms with Crippen molar-refractivity contribution in [1.82, 2.24) is 19.8 Å². The van der Waals surface area contributed by atoms with Gasteiger partial charge in [-0.1, -0.05) is 52.7 Å². The maximum atomic E-state index is 6.00. The highest BCUT2D eigenvalue weighted by atomic mass is 35.5. The second-order valence-electron chi connectivity index (χ2n) is 5.16. The van der Waals surface area contributed by atoms with E-state index in [1.165, 1.54) is 11.3 Å². The molecule has 0 fully saturated rings. The molecule has 0 aliphatic carbocycles. The second-order valence-corrected chi connectivity index (χ2v) is 6.99. The van der Waals surface area contributed by atoms with Crippen LogP contribution in [0.15, 0.2) is 48.5 Å². The van der Waals surface area contributed by atoms with Crippen molar-refractivity contribution in [3.05, 3.63) is 70.0 Å². The Balaban J connectivity index is 1.60. The summed E-state index contributed by atoms with van der Waals surface area (Å²) in [6, 6.07) is 15.2. The Kier molecular flexibility index (Phi) is 4.10. The molecule has 120 valence electrons. The first kappa shape index (κ1) is 15.4. The van der Waals surface area contributed by atoms with E-state index in [1.807, 2.05) is 48.5 Å². The first-order valence-corrected chi connectivity index (χ1v) is 8.73. The van der Waals surface area contributed by atoms with E-state index in [4.69, 9.17) is 23.2 Å². The molecule has 4 aromatic rings. The Morgan fingerprint density at radius 1 is 1.00 bits per heavy atom. The quantitative estimate of drug-likeness (QED) is 0.555. The fraction of sp³-hybridized carbons (Fsp3) is 0.0625. The van der Waals surface area contributed by atoms with Gasteiger partial charge in [0, 0.05) is 22.2 Å². The van der Waals surface area contributed by atoms with Gasteiger partial charge in [-0.05, 0) is 35.9 Å². The Hall–Kier alpha value is -2.15. The number of benzene rings is 2. The van der Waals surface area contributed by atoms with Crippen LogP contribution in [0.25, 0.3) is 4.96 Å². The molecule has 0 aliphatic heterocycles. The third-order valence-corrected chi connectivity index (χ3v) is 4.71. The lowest BCUT2D eigenvalue weighted by Crippen LogP contribution is -1.98. The number of nitrogens with zero attached hydrogens (tertiary/aromatic N) is 4. The van der Waals surface area contributed by atoms with Gasteiger partial charge in [-0.2, -0.15) is 4.52 Å². The highest BCUT2D eigenvalue weighted by molar-refractivity contribution is 7.20. The van der Waals surface area contributed by atoms with Crippen molar-refractivity contribution in [1.29, 1.82) is 0 Å². The van der Waals surface area contributed by atoms with E-state index in [0.29, 0.717) is 16.5 Å². The van der Waals surface area contributed by atoms with E-state index in [-0.39, 0.29) is 0 Å². The summed E-state index contributed by atoms with van der Waals surface area (Å²) in [5.74, 6) is 0.780. The summed E-state index contributed by atoms with van der Waals surface area (Å²) in [7, 11) is 0. The minimum Gasteiger partial charge on any atom is -0.330 e. The van der Waals surface area contributed by atoms with Gasteiger partial charge in [0.1, 0.15) is 0 Å². The van der Waals surface area contributed by atoms with Gasteiger partial charge in [0.25, 0.3) is 0 Å². The van der Waals surface area contributed by atoms with E-state index in [1.54, 1.807) is 4.52 Å². The van der Waals surface area contributed by atoms with Gasteiger partial charge in [-0.25, -0.2) is 0 Å². The number of hydrogen-bond donors (Lipinski definition) is 1. The lowest BCUT2D eigenvalue weighted by atomic mass is 10.1. The molecule has 0 bridgehead atoms. The molecule has 8 heteroatoms. The zero-order valence-corrected chi connectivity index (χ0v) is 14.6. The standard InChI is InChI=1S/C16H11Cl2N5S/c17-11-6-4-10(5-7-11)8-14-20-21-16-23(14)22-15(24-16)19-13-3-1-2-12(18)9-13/h1-7,9H,8H2,(H,19,22). The Bertz CT molecular complexity index is 993. The molecule has 2 heterocycles. The first-order valence-electron chi connectivity index (χ1n) is 7.15. The van der Waals surface area contributed by atoms with Crippen LogP contribution in [0, 0.1) is 0 Å². The van der Waals surface area contributed by atoms with Crippen molar-refractivity contribution in [2.75, 3.05) is 5.32 Å². The summed E-state index contributed by atoms with van der Waals surface area (Å²) in [5, 5.41) is 18.3. The first-order chi connectivity index (χ1) is 11.7. The maximum absolute atomic E-state index is 6.00. The van der Waals surface area contributed by atoms with Crippen LogP contribution < -0.4 is 5.32 Å². The Morgan fingerprint density at radius 3 is 2.62 bits per heavy atom. The predicted molar refractivity (Wildman–Crippen MR) is 97.7 cm³/mol. The minimum atomic E-state index is 0.638. The van der Waals surface area contributed by atoms with Crippen LogP contribution in [0.2, 0.25) is 10.0 Å². The van der Waals surface area contributed by atoms with Crippen molar-refractivity contribution in [3.63, 3.8) is 0 Å². The predicted octanol–water partition coefficient (Wildman–Crippen LogP) is 4.83. The van der Waals surface area contributed by atoms with E-state index < -0.39 is 0 Å². The molecule has 0 amide bonds. The van der Waals surface area contributed by atoms with E-state index in [0.717, 1.165) is 27.2 Å². The fourth-order valence-corrected chi connectivity index (χ4v) is 3.39. The third-order valence-electron chi connectivity index (χ3n) is 3.41. The van der Waals surface area contributed by atoms with Crippen molar-refractivity contribution in [2.24, 2.45) is 0 Å². The number of hydrogen-bond acceptors (Lipinski definition) is 5. The van der Waals surface area contributed by atoms with Gasteiger partial charge in [0.2, 0.25) is 10.1 Å². The van der Waals surface area contributed by atoms with Gasteiger partial charge in [0.05, 0.1) is 0 Å². The third kappa shape index (κ3) is 3.21. The molecule has 0 spiro atoms. The van der Waals surface area contributed by atoms with E-state index in [2.05, 4.69) is 20.6 Å². The number of anilines is 2. The van der Waals surface area contributed by atoms with Gasteiger partial charge in [0.15, 0.2) is 5.82 Å². The molecular formula is C16H11Cl2N5S. The van der Waals surface area contributed by atoms with Crippen LogP contribution in [0.4, 0.5) is 10.8 Å². The highest BCUT2D eigenvalue weighted by Gasteiger charge is 2.12. The molecule has 4 rings (SSSR count). The highest BCUT2D eigenvalue weighted by Crippen LogP contribution is 2.25. The van der Waals surface area contributed by atoms with Crippen LogP contribution in [-0.2, 0) is 6.42 Å². The van der Waals surface area contributed by atoms with Gasteiger partial charge in [-0.3, -0.25) is 0 Å². The Labute approximate surface area is 151 Å². The lowest BCUT2D eigenvalue weighted by molar-refractivity contribution is 0.854. The van der Waals surface area contributed by atoms with Crippen molar-refractivity contribution in [3.8, 4) is 0 Å². The summed E-state index contributed by atoms with van der Waals surface area (Å²) in [5.41, 5.74) is 1.98. The van der Waals surface area contributed by atoms with Crippen molar-refractivity contribution < 1.29 is 0 Å². The average molecular weight is 376 g/mol. The summed E-state index contributed by atoms with van der Waals surface area (Å²) in [4.78, 5) is 0.739. The van der Waals surface area contributed by atoms with Crippen molar-refractivity contribution in [2.45, 2.75) is 6.42 Å². The normalized spacial score (nSPS) is 11.1. The lowest BCUT2D eigenvalue weighted by Gasteiger charge is -2.01. The SMILES string of the molecule is Clc1ccc(Cc2nnc3sc(Nc4cccc(Cl)c4)nn23)cc1. The summed E-state index contributed by atoms with van der Waals surface area (Å²) in [6.45, 7) is 0. The topological polar surface area (TPSA) is 55.1 Å². The van der Waals surface area contributed by atoms with E-state index >= 15 is 0 Å². The monoisotopic (exact) mass is 375 g/mol. The smallest absolute Gasteiger partial charge is 0.236 e. The molecule has 0 aliphatic rings. The van der Waals surface area contributed by atoms with Crippen LogP contribution in [0.1, 0.15) is 11.4 Å². The molecule has 2 aromatic carbocycles. The molecule has 5 nitrogen and oxygen atoms in total. The van der Waals surface area contributed by atoms with E-state index in [9.17, 15) is 0 Å². The van der Waals surface area contributed by atoms with Crippen LogP contribution >= 0.6 is 34.5 Å². The summed E-state index contributed by atoms with van der Waals surface area (Å²) >= 11 is 13.4. The van der Waals surface area contributed by atoms with Gasteiger partial charge in [-0.15, -0.1) is 15.3 Å². The van der Waals surface area contributed by atoms with Crippen LogP contribution in [-0.4, -0.2) is 19.8 Å². The second kappa shape index (κ2) is 6.39. The van der Waals surface area contributed by atoms with Crippen LogP contribution in [0.5, 0.6) is 0 Å². The van der Waals surface area contributed by atoms with Crippen molar-refractivity contribution >= 4 is 50.3 Å². The fourth-order valence-electron chi connectivity index (χ4n) is 2.29. The van der Waals surface area contributed by atoms with Gasteiger partial charge >= 0.3 is 0 Å². The Morgan fingerprint density at radius 2 is 1.83 bits per heavy atom. The molecular weight excluding hydrogens is 365 g/mol. The van der Waals surface area contributed by atoms with Crippen LogP contribution in [0.3, 0.4) is 0 Å². The molecule has 0 saturated carbocycles. The molecule has 0 radical (unpaired) electrons. The number of fused-ring (bicyclic) bond motifs is 1. The maximum Gasteiger partial charge on any atom is 0.236 e. The largest absolute Gasteiger partial charge is 0.330 e. The molecule has 0 saturated heterocycles. The minimum absolute atomic E-state index is 0.638. The number of halogens is 2. The molecule has 0 atom stereocenters. The number of nitrogens with one attached hydrogen (secondary N) is 1. The average Bonchev–Trinajstić information content (AvgIpc) is 3.11. The molecule has 24 heavy (non-hydrogen) atoms. The number of rotatable bonds is 4. The zero-order valence-electron chi connectivity index (χ0n) is 12.3. The summed E-state index contributed by atoms with van der Waals surface area (Å²) < 4.78 is 1.76. The molecule has 1 N–H and O–H groups in total. The summed E-state index contributed by atoms with van der Waals surface area (Å²) in [6.07, 6.45) is 0.638. The molecule has 2 aromatic heterocycles.